The topological polar surface area (TPSA) is 85.4 Å². The Morgan fingerprint density at radius 3 is 2.81 bits per heavy atom. The van der Waals surface area contributed by atoms with Crippen LogP contribution in [0.2, 0.25) is 0 Å². The van der Waals surface area contributed by atoms with Crippen LogP contribution in [0.3, 0.4) is 0 Å². The third kappa shape index (κ3) is 1.83. The molecule has 0 amide bonds. The molecule has 0 aliphatic heterocycles. The van der Waals surface area contributed by atoms with Gasteiger partial charge in [-0.25, -0.2) is 0 Å². The van der Waals surface area contributed by atoms with Crippen LogP contribution >= 0.6 is 0 Å². The van der Waals surface area contributed by atoms with Crippen LogP contribution in [0.15, 0.2) is 23.3 Å². The van der Waals surface area contributed by atoms with Gasteiger partial charge in [-0.15, -0.1) is 0 Å². The minimum Gasteiger partial charge on any atom is -0.391 e. The van der Waals surface area contributed by atoms with Gasteiger partial charge in [-0.2, -0.15) is 0 Å². The maximum absolute atomic E-state index is 11.2. The molecule has 86 valence electrons. The van der Waals surface area contributed by atoms with Gasteiger partial charge in [-0.3, -0.25) is 14.9 Å². The van der Waals surface area contributed by atoms with E-state index in [2.05, 4.69) is 0 Å². The molecule has 1 N–H and O–H groups in total. The van der Waals surface area contributed by atoms with Gasteiger partial charge in [-0.1, -0.05) is 0 Å². The van der Waals surface area contributed by atoms with Gasteiger partial charge < -0.3 is 9.67 Å². The van der Waals surface area contributed by atoms with Crippen molar-refractivity contribution >= 4 is 5.69 Å². The number of pyridine rings is 1. The Bertz CT molecular complexity index is 468. The summed E-state index contributed by atoms with van der Waals surface area (Å²) in [6, 6.07) is 1.02. The van der Waals surface area contributed by atoms with Crippen molar-refractivity contribution in [2.75, 3.05) is 0 Å². The zero-order valence-corrected chi connectivity index (χ0v) is 8.57. The van der Waals surface area contributed by atoms with Gasteiger partial charge >= 0.3 is 5.69 Å². The molecule has 6 heteroatoms. The fourth-order valence-electron chi connectivity index (χ4n) is 2.10. The minimum absolute atomic E-state index is 0.153. The molecular formula is C10H12N2O4. The Morgan fingerprint density at radius 1 is 1.50 bits per heavy atom. The number of nitro groups is 1. The second kappa shape index (κ2) is 4.05. The Kier molecular flexibility index (Phi) is 2.74. The smallest absolute Gasteiger partial charge is 0.332 e. The summed E-state index contributed by atoms with van der Waals surface area (Å²) in [4.78, 5) is 21.1. The predicted octanol–water partition coefficient (Wildman–Crippen LogP) is 0.842. The van der Waals surface area contributed by atoms with Crippen LogP contribution in [-0.2, 0) is 0 Å². The third-order valence-electron chi connectivity index (χ3n) is 2.95. The SMILES string of the molecule is O=c1ccn([C@H]2CCC[C@@H]2O)cc1[N+](=O)[O-]. The fourth-order valence-corrected chi connectivity index (χ4v) is 2.10. The minimum atomic E-state index is -0.694. The van der Waals surface area contributed by atoms with E-state index in [4.69, 9.17) is 0 Å². The van der Waals surface area contributed by atoms with Gasteiger partial charge in [0.1, 0.15) is 0 Å². The molecule has 16 heavy (non-hydrogen) atoms. The number of aliphatic hydroxyl groups excluding tert-OH is 1. The lowest BCUT2D eigenvalue weighted by Gasteiger charge is -2.17. The maximum Gasteiger partial charge on any atom is 0.332 e. The lowest BCUT2D eigenvalue weighted by atomic mass is 10.2. The number of aromatic nitrogens is 1. The van der Waals surface area contributed by atoms with Crippen LogP contribution in [-0.4, -0.2) is 20.7 Å². The van der Waals surface area contributed by atoms with Gasteiger partial charge in [-0.05, 0) is 19.3 Å². The second-order valence-electron chi connectivity index (χ2n) is 3.96. The van der Waals surface area contributed by atoms with Crippen LogP contribution < -0.4 is 5.43 Å². The zero-order valence-electron chi connectivity index (χ0n) is 8.57. The fraction of sp³-hybridized carbons (Fsp3) is 0.500. The van der Waals surface area contributed by atoms with E-state index in [1.807, 2.05) is 0 Å². The molecule has 1 aromatic heterocycles. The molecular weight excluding hydrogens is 212 g/mol. The average molecular weight is 224 g/mol. The first kappa shape index (κ1) is 10.8. The Labute approximate surface area is 91.3 Å². The summed E-state index contributed by atoms with van der Waals surface area (Å²) in [5.74, 6) is 0. The maximum atomic E-state index is 11.2. The average Bonchev–Trinajstić information content (AvgIpc) is 2.65. The van der Waals surface area contributed by atoms with Crippen molar-refractivity contribution in [2.24, 2.45) is 0 Å². The summed E-state index contributed by atoms with van der Waals surface area (Å²) in [6.07, 6.45) is 4.59. The first-order valence-electron chi connectivity index (χ1n) is 5.14. The van der Waals surface area contributed by atoms with Crippen LogP contribution in [0, 0.1) is 10.1 Å². The second-order valence-corrected chi connectivity index (χ2v) is 3.96. The van der Waals surface area contributed by atoms with Crippen LogP contribution in [0.4, 0.5) is 5.69 Å². The number of rotatable bonds is 2. The van der Waals surface area contributed by atoms with Crippen LogP contribution in [0.5, 0.6) is 0 Å². The highest BCUT2D eigenvalue weighted by atomic mass is 16.6. The highest BCUT2D eigenvalue weighted by molar-refractivity contribution is 5.25. The molecule has 1 fully saturated rings. The van der Waals surface area contributed by atoms with Crippen molar-refractivity contribution in [3.05, 3.63) is 38.8 Å². The first-order chi connectivity index (χ1) is 7.59. The van der Waals surface area contributed by atoms with E-state index >= 15 is 0 Å². The van der Waals surface area contributed by atoms with E-state index in [0.29, 0.717) is 6.42 Å². The molecule has 0 aromatic carbocycles. The largest absolute Gasteiger partial charge is 0.391 e. The molecule has 1 aliphatic rings. The van der Waals surface area contributed by atoms with Crippen LogP contribution in [0.25, 0.3) is 0 Å². The van der Waals surface area contributed by atoms with Crippen molar-refractivity contribution in [3.63, 3.8) is 0 Å². The standard InChI is InChI=1S/C10H12N2O4/c13-9-3-1-2-7(9)11-5-4-10(14)8(6-11)12(15)16/h4-7,9,13H,1-3H2/t7-,9-/m0/s1. The van der Waals surface area contributed by atoms with E-state index in [1.165, 1.54) is 18.5 Å². The number of nitrogens with zero attached hydrogens (tertiary/aromatic N) is 2. The summed E-state index contributed by atoms with van der Waals surface area (Å²) in [5.41, 5.74) is -1.05. The summed E-state index contributed by atoms with van der Waals surface area (Å²) >= 11 is 0. The molecule has 6 nitrogen and oxygen atoms in total. The van der Waals surface area contributed by atoms with Gasteiger partial charge in [0.05, 0.1) is 23.3 Å². The van der Waals surface area contributed by atoms with E-state index < -0.39 is 22.1 Å². The summed E-state index contributed by atoms with van der Waals surface area (Å²) in [5, 5.41) is 20.3. The summed E-state index contributed by atoms with van der Waals surface area (Å²) in [7, 11) is 0. The predicted molar refractivity (Wildman–Crippen MR) is 56.3 cm³/mol. The van der Waals surface area contributed by atoms with Gasteiger partial charge in [0.15, 0.2) is 0 Å². The monoisotopic (exact) mass is 224 g/mol. The highest BCUT2D eigenvalue weighted by Crippen LogP contribution is 2.30. The van der Waals surface area contributed by atoms with Crippen molar-refractivity contribution in [3.8, 4) is 0 Å². The van der Waals surface area contributed by atoms with Gasteiger partial charge in [0.2, 0.25) is 0 Å². The quantitative estimate of drug-likeness (QED) is 0.595. The Balaban J connectivity index is 2.39. The molecule has 0 saturated heterocycles. The molecule has 2 atom stereocenters. The number of hydrogen-bond donors (Lipinski definition) is 1. The zero-order chi connectivity index (χ0) is 11.7. The molecule has 0 unspecified atom stereocenters. The van der Waals surface area contributed by atoms with Crippen molar-refractivity contribution in [1.82, 2.24) is 4.57 Å². The van der Waals surface area contributed by atoms with Gasteiger partial charge in [0, 0.05) is 12.3 Å². The third-order valence-corrected chi connectivity index (χ3v) is 2.95. The lowest BCUT2D eigenvalue weighted by Crippen LogP contribution is -2.20. The van der Waals surface area contributed by atoms with Crippen molar-refractivity contribution in [1.29, 1.82) is 0 Å². The van der Waals surface area contributed by atoms with E-state index in [1.54, 1.807) is 4.57 Å². The van der Waals surface area contributed by atoms with Crippen LogP contribution in [0.1, 0.15) is 25.3 Å². The number of hydrogen-bond acceptors (Lipinski definition) is 4. The van der Waals surface area contributed by atoms with E-state index in [0.717, 1.165) is 12.8 Å². The molecule has 2 rings (SSSR count). The lowest BCUT2D eigenvalue weighted by molar-refractivity contribution is -0.386. The molecule has 1 saturated carbocycles. The Hall–Kier alpha value is -1.69. The van der Waals surface area contributed by atoms with Crippen molar-refractivity contribution in [2.45, 2.75) is 31.4 Å². The molecule has 1 heterocycles. The van der Waals surface area contributed by atoms with Gasteiger partial charge in [0.25, 0.3) is 5.43 Å². The highest BCUT2D eigenvalue weighted by Gasteiger charge is 2.27. The van der Waals surface area contributed by atoms with E-state index in [9.17, 15) is 20.0 Å². The molecule has 1 aliphatic carbocycles. The first-order valence-corrected chi connectivity index (χ1v) is 5.14. The normalized spacial score (nSPS) is 24.6. The van der Waals surface area contributed by atoms with Crippen molar-refractivity contribution < 1.29 is 10.0 Å². The molecule has 0 radical (unpaired) electrons. The summed E-state index contributed by atoms with van der Waals surface area (Å²) in [6.45, 7) is 0. The summed E-state index contributed by atoms with van der Waals surface area (Å²) < 4.78 is 1.57. The molecule has 0 spiro atoms. The number of aliphatic hydroxyl groups is 1. The molecule has 0 bridgehead atoms. The Morgan fingerprint density at radius 2 is 2.25 bits per heavy atom. The molecule has 1 aromatic rings. The van der Waals surface area contributed by atoms with E-state index in [-0.39, 0.29) is 6.04 Å².